The lowest BCUT2D eigenvalue weighted by Crippen LogP contribution is -2.42. The fourth-order valence-electron chi connectivity index (χ4n) is 1.20. The molecule has 0 saturated heterocycles. The minimum Gasteiger partial charge on any atom is -0.480 e. The summed E-state index contributed by atoms with van der Waals surface area (Å²) in [6.45, 7) is 3.42. The van der Waals surface area contributed by atoms with Crippen LogP contribution in [0.3, 0.4) is 0 Å². The zero-order valence-electron chi connectivity index (χ0n) is 8.44. The fourth-order valence-corrected chi connectivity index (χ4v) is 1.20. The summed E-state index contributed by atoms with van der Waals surface area (Å²) in [5.74, 6) is -1.08. The maximum atomic E-state index is 11.2. The van der Waals surface area contributed by atoms with Gasteiger partial charge in [0.1, 0.15) is 12.1 Å². The van der Waals surface area contributed by atoms with Crippen LogP contribution in [-0.2, 0) is 9.53 Å². The zero-order valence-corrected chi connectivity index (χ0v) is 8.44. The molecule has 1 aliphatic rings. The molecule has 0 aromatic rings. The molecule has 0 spiro atoms. The summed E-state index contributed by atoms with van der Waals surface area (Å²) in [5, 5.41) is 11.0. The molecular weight excluding hydrogens is 198 g/mol. The number of amides is 1. The van der Waals surface area contributed by atoms with Crippen molar-refractivity contribution >= 4 is 12.1 Å². The first-order chi connectivity index (χ1) is 7.13. The van der Waals surface area contributed by atoms with Crippen LogP contribution in [0, 0.1) is 0 Å². The van der Waals surface area contributed by atoms with Crippen LogP contribution >= 0.6 is 0 Å². The van der Waals surface area contributed by atoms with Gasteiger partial charge in [0.25, 0.3) is 0 Å². The summed E-state index contributed by atoms with van der Waals surface area (Å²) in [7, 11) is 0. The van der Waals surface area contributed by atoms with Gasteiger partial charge in [0, 0.05) is 0 Å². The van der Waals surface area contributed by atoms with Crippen molar-refractivity contribution in [3.63, 3.8) is 0 Å². The number of carbonyl (C=O) groups excluding carboxylic acids is 1. The Bertz CT molecular complexity index is 260. The average molecular weight is 213 g/mol. The summed E-state index contributed by atoms with van der Waals surface area (Å²) in [6.07, 6.45) is 3.74. The second kappa shape index (κ2) is 5.38. The highest BCUT2D eigenvalue weighted by atomic mass is 16.6. The number of nitrogens with one attached hydrogen (secondary N) is 1. The molecule has 2 N–H and O–H groups in total. The molecule has 1 amide bonds. The van der Waals surface area contributed by atoms with Crippen molar-refractivity contribution in [2.75, 3.05) is 0 Å². The summed E-state index contributed by atoms with van der Waals surface area (Å²) in [6, 6.07) is -0.949. The monoisotopic (exact) mass is 213 g/mol. The lowest BCUT2D eigenvalue weighted by atomic mass is 9.96. The highest BCUT2D eigenvalue weighted by Gasteiger charge is 2.24. The van der Waals surface area contributed by atoms with Crippen molar-refractivity contribution in [1.82, 2.24) is 5.32 Å². The highest BCUT2D eigenvalue weighted by molar-refractivity contribution is 5.80. The Labute approximate surface area is 88.1 Å². The van der Waals surface area contributed by atoms with Gasteiger partial charge in [-0.05, 0) is 25.7 Å². The predicted molar refractivity (Wildman–Crippen MR) is 53.5 cm³/mol. The molecule has 1 saturated carbocycles. The van der Waals surface area contributed by atoms with E-state index in [4.69, 9.17) is 9.84 Å². The molecule has 1 atom stereocenters. The highest BCUT2D eigenvalue weighted by Crippen LogP contribution is 2.21. The number of aliphatic carboxylic acids is 1. The van der Waals surface area contributed by atoms with E-state index in [9.17, 15) is 9.59 Å². The van der Waals surface area contributed by atoms with Gasteiger partial charge in [-0.1, -0.05) is 6.08 Å². The van der Waals surface area contributed by atoms with Crippen LogP contribution in [0.5, 0.6) is 0 Å². The molecule has 0 heterocycles. The molecule has 5 heteroatoms. The predicted octanol–water partition coefficient (Wildman–Crippen LogP) is 1.29. The third-order valence-electron chi connectivity index (χ3n) is 2.32. The van der Waals surface area contributed by atoms with Crippen LogP contribution in [0.25, 0.3) is 0 Å². The number of hydrogen-bond donors (Lipinski definition) is 2. The topological polar surface area (TPSA) is 75.6 Å². The second-order valence-corrected chi connectivity index (χ2v) is 3.52. The van der Waals surface area contributed by atoms with Crippen molar-refractivity contribution in [1.29, 1.82) is 0 Å². The van der Waals surface area contributed by atoms with Crippen LogP contribution in [0.4, 0.5) is 4.79 Å². The minimum atomic E-state index is -1.08. The van der Waals surface area contributed by atoms with E-state index in [1.54, 1.807) is 0 Å². The molecule has 15 heavy (non-hydrogen) atoms. The minimum absolute atomic E-state index is 0.0387. The van der Waals surface area contributed by atoms with Gasteiger partial charge in [-0.15, -0.1) is 6.58 Å². The Morgan fingerprint density at radius 2 is 2.27 bits per heavy atom. The van der Waals surface area contributed by atoms with Gasteiger partial charge < -0.3 is 15.2 Å². The van der Waals surface area contributed by atoms with Crippen LogP contribution < -0.4 is 5.32 Å². The van der Waals surface area contributed by atoms with Crippen molar-refractivity contribution in [2.45, 2.75) is 37.8 Å². The Kier molecular flexibility index (Phi) is 4.15. The maximum Gasteiger partial charge on any atom is 0.408 e. The molecule has 1 rings (SSSR count). The van der Waals surface area contributed by atoms with Gasteiger partial charge >= 0.3 is 12.1 Å². The molecule has 84 valence electrons. The maximum absolute atomic E-state index is 11.2. The van der Waals surface area contributed by atoms with Crippen LogP contribution in [0.1, 0.15) is 25.7 Å². The summed E-state index contributed by atoms with van der Waals surface area (Å²) in [5.41, 5.74) is 0. The Balaban J connectivity index is 2.31. The first-order valence-corrected chi connectivity index (χ1v) is 4.94. The lowest BCUT2D eigenvalue weighted by Gasteiger charge is -2.25. The fraction of sp³-hybridized carbons (Fsp3) is 0.600. The molecule has 0 aliphatic heterocycles. The van der Waals surface area contributed by atoms with E-state index in [1.807, 2.05) is 0 Å². The third-order valence-corrected chi connectivity index (χ3v) is 2.32. The summed E-state index contributed by atoms with van der Waals surface area (Å²) >= 11 is 0. The number of carbonyl (C=O) groups is 2. The lowest BCUT2D eigenvalue weighted by molar-refractivity contribution is -0.139. The van der Waals surface area contributed by atoms with Gasteiger partial charge in [0.05, 0.1) is 0 Å². The number of rotatable bonds is 5. The summed E-state index contributed by atoms with van der Waals surface area (Å²) < 4.78 is 4.97. The zero-order chi connectivity index (χ0) is 11.3. The number of alkyl carbamates (subject to hydrolysis) is 1. The average Bonchev–Trinajstić information content (AvgIpc) is 2.10. The van der Waals surface area contributed by atoms with E-state index in [0.29, 0.717) is 0 Å². The Morgan fingerprint density at radius 3 is 2.67 bits per heavy atom. The van der Waals surface area contributed by atoms with Crippen molar-refractivity contribution in [3.05, 3.63) is 12.7 Å². The number of hydrogen-bond acceptors (Lipinski definition) is 3. The second-order valence-electron chi connectivity index (χ2n) is 3.52. The smallest absolute Gasteiger partial charge is 0.408 e. The largest absolute Gasteiger partial charge is 0.480 e. The first-order valence-electron chi connectivity index (χ1n) is 4.94. The van der Waals surface area contributed by atoms with E-state index in [0.717, 1.165) is 19.3 Å². The molecule has 5 nitrogen and oxygen atoms in total. The molecule has 0 unspecified atom stereocenters. The standard InChI is InChI=1S/C10H15NO4/c1-2-4-8(9(12)13)11-10(14)15-7-5-3-6-7/h2,7-8H,1,3-6H2,(H,11,14)(H,12,13)/t8-/m1/s1. The Hall–Kier alpha value is -1.52. The van der Waals surface area contributed by atoms with Crippen LogP contribution in [-0.4, -0.2) is 29.3 Å². The van der Waals surface area contributed by atoms with Gasteiger partial charge in [-0.25, -0.2) is 9.59 Å². The van der Waals surface area contributed by atoms with E-state index < -0.39 is 18.1 Å². The normalized spacial score (nSPS) is 17.3. The van der Waals surface area contributed by atoms with E-state index >= 15 is 0 Å². The number of carboxylic acid groups (broad SMARTS) is 1. The quantitative estimate of drug-likeness (QED) is 0.675. The van der Waals surface area contributed by atoms with E-state index in [1.165, 1.54) is 6.08 Å². The molecule has 0 aromatic heterocycles. The van der Waals surface area contributed by atoms with Crippen molar-refractivity contribution < 1.29 is 19.4 Å². The van der Waals surface area contributed by atoms with Crippen LogP contribution in [0.2, 0.25) is 0 Å². The molecule has 0 bridgehead atoms. The molecular formula is C10H15NO4. The van der Waals surface area contributed by atoms with Crippen LogP contribution in [0.15, 0.2) is 12.7 Å². The van der Waals surface area contributed by atoms with Gasteiger partial charge in [0.2, 0.25) is 0 Å². The SMILES string of the molecule is C=CC[C@@H](NC(=O)OC1CCC1)C(=O)O. The van der Waals surface area contributed by atoms with Crippen molar-refractivity contribution in [2.24, 2.45) is 0 Å². The molecule has 1 aliphatic carbocycles. The molecule has 0 aromatic carbocycles. The van der Waals surface area contributed by atoms with E-state index in [2.05, 4.69) is 11.9 Å². The van der Waals surface area contributed by atoms with Gasteiger partial charge in [0.15, 0.2) is 0 Å². The number of ether oxygens (including phenoxy) is 1. The van der Waals surface area contributed by atoms with Gasteiger partial charge in [-0.3, -0.25) is 0 Å². The third kappa shape index (κ3) is 3.61. The molecule has 0 radical (unpaired) electrons. The Morgan fingerprint density at radius 1 is 1.60 bits per heavy atom. The first kappa shape index (κ1) is 11.6. The summed E-state index contributed by atoms with van der Waals surface area (Å²) in [4.78, 5) is 21.9. The molecule has 1 fully saturated rings. The van der Waals surface area contributed by atoms with E-state index in [-0.39, 0.29) is 12.5 Å². The van der Waals surface area contributed by atoms with Gasteiger partial charge in [-0.2, -0.15) is 0 Å². The van der Waals surface area contributed by atoms with Crippen molar-refractivity contribution in [3.8, 4) is 0 Å². The number of carboxylic acids is 1.